The van der Waals surface area contributed by atoms with Crippen molar-refractivity contribution in [2.75, 3.05) is 76.3 Å². The zero-order chi connectivity index (χ0) is 32.3. The molecule has 4 heterocycles. The molecule has 3 aliphatic heterocycles. The van der Waals surface area contributed by atoms with Crippen LogP contribution in [-0.4, -0.2) is 111 Å². The zero-order valence-electron chi connectivity index (χ0n) is 27.2. The van der Waals surface area contributed by atoms with E-state index in [2.05, 4.69) is 34.0 Å². The van der Waals surface area contributed by atoms with E-state index in [4.69, 9.17) is 4.74 Å². The van der Waals surface area contributed by atoms with Gasteiger partial charge in [-0.3, -0.25) is 14.5 Å². The number of aryl methyl sites for hydroxylation is 1. The Bertz CT molecular complexity index is 1760. The predicted octanol–water partition coefficient (Wildman–Crippen LogP) is 1.59. The Morgan fingerprint density at radius 3 is 2.52 bits per heavy atom. The molecule has 11 heteroatoms. The summed E-state index contributed by atoms with van der Waals surface area (Å²) < 4.78 is 39.5. The first kappa shape index (κ1) is 31.1. The van der Waals surface area contributed by atoms with E-state index in [0.29, 0.717) is 58.5 Å². The van der Waals surface area contributed by atoms with Crippen LogP contribution in [0.4, 0.5) is 20.2 Å². The van der Waals surface area contributed by atoms with Gasteiger partial charge in [-0.05, 0) is 58.0 Å². The molecule has 0 amide bonds. The van der Waals surface area contributed by atoms with E-state index in [1.807, 2.05) is 22.5 Å². The first-order valence-corrected chi connectivity index (χ1v) is 16.6. The van der Waals surface area contributed by atoms with Gasteiger partial charge in [-0.1, -0.05) is 0 Å². The van der Waals surface area contributed by atoms with E-state index in [1.165, 1.54) is 19.3 Å². The molecule has 3 unspecified atom stereocenters. The van der Waals surface area contributed by atoms with Crippen molar-refractivity contribution in [3.05, 3.63) is 55.6 Å². The Kier molecular flexibility index (Phi) is 8.27. The number of carbonyl (C=O) groups excluding carboxylic acids is 1. The first-order chi connectivity index (χ1) is 22.2. The van der Waals surface area contributed by atoms with Crippen LogP contribution < -0.4 is 35.9 Å². The molecule has 46 heavy (non-hydrogen) atoms. The summed E-state index contributed by atoms with van der Waals surface area (Å²) >= 11 is 0. The fourth-order valence-electron chi connectivity index (χ4n) is 7.56. The molecule has 1 aromatic carbocycles. The number of piperazine rings is 2. The number of nitrogens with one attached hydrogen (secondary N) is 1. The minimum Gasteiger partial charge on any atom is -0.492 e. The number of fused-ring (bicyclic) bond motifs is 2. The topological polar surface area (TPSA) is 73.3 Å². The third kappa shape index (κ3) is 5.46. The summed E-state index contributed by atoms with van der Waals surface area (Å²) in [5.74, 6) is -0.427. The van der Waals surface area contributed by atoms with Crippen molar-refractivity contribution in [2.45, 2.75) is 57.5 Å². The summed E-state index contributed by atoms with van der Waals surface area (Å²) in [5.41, 5.74) is 1.71. The third-order valence-electron chi connectivity index (χ3n) is 10.2. The van der Waals surface area contributed by atoms with Gasteiger partial charge >= 0.3 is 0 Å². The van der Waals surface area contributed by atoms with Crippen LogP contribution >= 0.6 is 0 Å². The average Bonchev–Trinajstić information content (AvgIpc) is 3.89. The Morgan fingerprint density at radius 1 is 1.09 bits per heavy atom. The number of ketones is 1. The van der Waals surface area contributed by atoms with Crippen molar-refractivity contribution >= 4 is 35.4 Å². The van der Waals surface area contributed by atoms with Gasteiger partial charge in [0.1, 0.15) is 11.9 Å². The largest absolute Gasteiger partial charge is 0.492 e. The summed E-state index contributed by atoms with van der Waals surface area (Å²) in [6.45, 7) is 10.2. The maximum atomic E-state index is 15.9. The maximum Gasteiger partial charge on any atom is 0.196 e. The van der Waals surface area contributed by atoms with Crippen molar-refractivity contribution < 1.29 is 18.3 Å². The number of aromatic nitrogens is 1. The number of hydrogen-bond donors (Lipinski definition) is 1. The summed E-state index contributed by atoms with van der Waals surface area (Å²) in [4.78, 5) is 36.5. The lowest BCUT2D eigenvalue weighted by atomic mass is 9.92. The first-order valence-electron chi connectivity index (χ1n) is 16.6. The smallest absolute Gasteiger partial charge is 0.196 e. The highest BCUT2D eigenvalue weighted by Crippen LogP contribution is 2.49. The number of anilines is 2. The van der Waals surface area contributed by atoms with E-state index in [-0.39, 0.29) is 35.4 Å². The second-order valence-electron chi connectivity index (χ2n) is 13.4. The van der Waals surface area contributed by atoms with Crippen LogP contribution in [0.5, 0.6) is 5.75 Å². The molecule has 5 aliphatic rings. The average molecular weight is 635 g/mol. The van der Waals surface area contributed by atoms with Gasteiger partial charge < -0.3 is 29.3 Å². The number of likely N-dealkylation sites (N-methyl/N-ethyl adjacent to an activating group) is 1. The van der Waals surface area contributed by atoms with Gasteiger partial charge in [0.2, 0.25) is 0 Å². The van der Waals surface area contributed by atoms with Crippen LogP contribution in [0.25, 0.3) is 18.2 Å². The predicted molar refractivity (Wildman–Crippen MR) is 178 cm³/mol. The van der Waals surface area contributed by atoms with Crippen LogP contribution in [-0.2, 0) is 6.54 Å². The Labute approximate surface area is 268 Å². The van der Waals surface area contributed by atoms with Gasteiger partial charge in [0.05, 0.1) is 24.4 Å². The minimum atomic E-state index is -1.31. The fourth-order valence-corrected chi connectivity index (χ4v) is 7.56. The van der Waals surface area contributed by atoms with Crippen LogP contribution in [0.3, 0.4) is 0 Å². The van der Waals surface area contributed by atoms with Crippen molar-refractivity contribution in [3.8, 4) is 5.75 Å². The van der Waals surface area contributed by atoms with Crippen molar-refractivity contribution in [2.24, 2.45) is 0 Å². The molecule has 0 spiro atoms. The molecule has 2 aromatic rings. The molecule has 1 N–H and O–H groups in total. The van der Waals surface area contributed by atoms with E-state index in [1.54, 1.807) is 12.3 Å². The number of hydrogen-bond acceptors (Lipinski definition) is 8. The molecule has 3 fully saturated rings. The van der Waals surface area contributed by atoms with Gasteiger partial charge in [0.25, 0.3) is 0 Å². The lowest BCUT2D eigenvalue weighted by Gasteiger charge is -2.38. The number of halogens is 2. The van der Waals surface area contributed by atoms with Crippen LogP contribution in [0.1, 0.15) is 42.6 Å². The molecule has 9 nitrogen and oxygen atoms in total. The van der Waals surface area contributed by atoms with Crippen molar-refractivity contribution in [3.63, 3.8) is 0 Å². The normalized spacial score (nSPS) is 26.4. The van der Waals surface area contributed by atoms with Gasteiger partial charge in [-0.2, -0.15) is 0 Å². The molecule has 1 aromatic heterocycles. The SMILES string of the molecule is CCn1cc(/C=C2\CN(C3CC3)c3c(cc(F)c(N4CCNC(C)C4)c3OC)C2=O)c(=O)c2c1=CC(N1CCN(C)CC1)C(F)C=2. The van der Waals surface area contributed by atoms with Gasteiger partial charge in [0, 0.05) is 98.9 Å². The number of pyridine rings is 1. The summed E-state index contributed by atoms with van der Waals surface area (Å²) in [6, 6.07) is 1.30. The highest BCUT2D eigenvalue weighted by atomic mass is 19.1. The molecular formula is C35H44F2N6O3. The second-order valence-corrected chi connectivity index (χ2v) is 13.4. The maximum absolute atomic E-state index is 15.9. The Hall–Kier alpha value is -3.54. The molecule has 0 bridgehead atoms. The number of Topliss-reactive ketones (excluding diaryl/α,β-unsaturated/α-hetero) is 1. The molecule has 3 atom stereocenters. The summed E-state index contributed by atoms with van der Waals surface area (Å²) in [7, 11) is 3.60. The van der Waals surface area contributed by atoms with E-state index < -0.39 is 18.0 Å². The number of methoxy groups -OCH3 is 1. The summed E-state index contributed by atoms with van der Waals surface area (Å²) in [6.07, 6.45) is 7.38. The van der Waals surface area contributed by atoms with E-state index >= 15 is 8.78 Å². The van der Waals surface area contributed by atoms with Gasteiger partial charge in [-0.15, -0.1) is 0 Å². The molecular weight excluding hydrogens is 590 g/mol. The van der Waals surface area contributed by atoms with E-state index in [9.17, 15) is 9.59 Å². The quantitative estimate of drug-likeness (QED) is 0.481. The second kappa shape index (κ2) is 12.2. The van der Waals surface area contributed by atoms with Crippen LogP contribution in [0, 0.1) is 5.82 Å². The molecule has 2 aliphatic carbocycles. The monoisotopic (exact) mass is 634 g/mol. The highest BCUT2D eigenvalue weighted by molar-refractivity contribution is 6.18. The Morgan fingerprint density at radius 2 is 1.85 bits per heavy atom. The Balaban J connectivity index is 1.30. The molecule has 2 saturated heterocycles. The van der Waals surface area contributed by atoms with Crippen LogP contribution in [0.15, 0.2) is 22.6 Å². The zero-order valence-corrected chi connectivity index (χ0v) is 27.2. The highest BCUT2D eigenvalue weighted by Gasteiger charge is 2.41. The molecule has 0 radical (unpaired) electrons. The third-order valence-corrected chi connectivity index (χ3v) is 10.2. The van der Waals surface area contributed by atoms with E-state index in [0.717, 1.165) is 45.6 Å². The lowest BCUT2D eigenvalue weighted by molar-refractivity contribution is 0.103. The standard InChI is InChI=1S/C35H44F2N6O3/c1-5-40-19-22(33(44)25-15-27(36)30(17-29(25)40)41-12-10-39(3)11-13-41)14-23-20-43(24-6-7-24)31-26(34(23)45)16-28(37)32(35(31)46-4)42-9-8-38-21(2)18-42/h14-17,19,21,24,27,30,38H,5-13,18,20H2,1-4H3/b23-14+. The number of benzene rings is 1. The number of carbonyl (C=O) groups is 1. The lowest BCUT2D eigenvalue weighted by Crippen LogP contribution is -2.56. The summed E-state index contributed by atoms with van der Waals surface area (Å²) in [5, 5.41) is 4.44. The number of rotatable bonds is 6. The number of alkyl halides is 1. The molecule has 7 rings (SSSR count). The number of nitrogens with zero attached hydrogens (tertiary/aromatic N) is 5. The van der Waals surface area contributed by atoms with Gasteiger partial charge in [-0.25, -0.2) is 8.78 Å². The van der Waals surface area contributed by atoms with Crippen molar-refractivity contribution in [1.82, 2.24) is 19.7 Å². The minimum absolute atomic E-state index is 0.188. The van der Waals surface area contributed by atoms with Gasteiger partial charge in [0.15, 0.2) is 22.8 Å². The van der Waals surface area contributed by atoms with Crippen LogP contribution in [0.2, 0.25) is 0 Å². The molecule has 246 valence electrons. The number of ether oxygens (including phenoxy) is 1. The van der Waals surface area contributed by atoms with Crippen molar-refractivity contribution in [1.29, 1.82) is 0 Å². The fraction of sp³-hybridized carbons (Fsp3) is 0.543. The molecule has 1 saturated carbocycles.